The molecule has 0 radical (unpaired) electrons. The lowest BCUT2D eigenvalue weighted by Gasteiger charge is -2.10. The molecular weight excluding hydrogens is 246 g/mol. The first-order chi connectivity index (χ1) is 8.54. The molecule has 0 aliphatic rings. The van der Waals surface area contributed by atoms with Crippen LogP contribution in [0.5, 0.6) is 11.5 Å². The molecule has 1 aromatic carbocycles. The topological polar surface area (TPSA) is 55.8 Å². The number of phenolic OH excluding ortho intramolecular Hbond substituents is 1. The SMILES string of the molecule is CCOC(=O)CCc1cccc(OC(F)F)c1O. The number of aryl methyl sites for hydroxylation is 1. The zero-order valence-corrected chi connectivity index (χ0v) is 9.86. The third-order valence-electron chi connectivity index (χ3n) is 2.20. The molecule has 0 saturated heterocycles. The van der Waals surface area contributed by atoms with E-state index < -0.39 is 12.6 Å². The molecule has 100 valence electrons. The van der Waals surface area contributed by atoms with Crippen LogP contribution in [0.4, 0.5) is 8.78 Å². The van der Waals surface area contributed by atoms with Gasteiger partial charge in [0.15, 0.2) is 11.5 Å². The number of phenols is 1. The second kappa shape index (κ2) is 6.78. The van der Waals surface area contributed by atoms with Crippen molar-refractivity contribution < 1.29 is 28.2 Å². The van der Waals surface area contributed by atoms with Gasteiger partial charge < -0.3 is 14.6 Å². The van der Waals surface area contributed by atoms with Gasteiger partial charge in [0.05, 0.1) is 6.61 Å². The van der Waals surface area contributed by atoms with Crippen LogP contribution in [0.3, 0.4) is 0 Å². The summed E-state index contributed by atoms with van der Waals surface area (Å²) in [6.07, 6.45) is 0.268. The predicted octanol–water partition coefficient (Wildman–Crippen LogP) is 2.49. The van der Waals surface area contributed by atoms with Gasteiger partial charge in [0, 0.05) is 6.42 Å². The molecule has 0 aliphatic heterocycles. The number of esters is 1. The van der Waals surface area contributed by atoms with E-state index in [4.69, 9.17) is 4.74 Å². The Morgan fingerprint density at radius 1 is 1.44 bits per heavy atom. The zero-order valence-electron chi connectivity index (χ0n) is 9.86. The monoisotopic (exact) mass is 260 g/mol. The Morgan fingerprint density at radius 2 is 2.17 bits per heavy atom. The quantitative estimate of drug-likeness (QED) is 0.798. The lowest BCUT2D eigenvalue weighted by Crippen LogP contribution is -2.06. The van der Waals surface area contributed by atoms with Crippen molar-refractivity contribution in [2.75, 3.05) is 6.61 Å². The van der Waals surface area contributed by atoms with E-state index in [-0.39, 0.29) is 30.9 Å². The number of carbonyl (C=O) groups excluding carboxylic acids is 1. The molecule has 0 spiro atoms. The van der Waals surface area contributed by atoms with Crippen LogP contribution in [0.1, 0.15) is 18.9 Å². The average Bonchev–Trinajstić information content (AvgIpc) is 2.30. The first kappa shape index (κ1) is 14.2. The van der Waals surface area contributed by atoms with Gasteiger partial charge in [-0.2, -0.15) is 8.78 Å². The molecule has 0 unspecified atom stereocenters. The van der Waals surface area contributed by atoms with Crippen LogP contribution in [0.25, 0.3) is 0 Å². The molecule has 0 heterocycles. The maximum absolute atomic E-state index is 12.0. The molecule has 6 heteroatoms. The van der Waals surface area contributed by atoms with Crippen molar-refractivity contribution in [1.82, 2.24) is 0 Å². The standard InChI is InChI=1S/C12H14F2O4/c1-2-17-10(15)7-6-8-4-3-5-9(11(8)16)18-12(13)14/h3-5,12,16H,2,6-7H2,1H3. The summed E-state index contributed by atoms with van der Waals surface area (Å²) in [7, 11) is 0. The minimum absolute atomic E-state index is 0.0690. The fourth-order valence-electron chi connectivity index (χ4n) is 1.43. The van der Waals surface area contributed by atoms with E-state index in [9.17, 15) is 18.7 Å². The molecule has 0 aliphatic carbocycles. The zero-order chi connectivity index (χ0) is 13.5. The highest BCUT2D eigenvalue weighted by Crippen LogP contribution is 2.31. The van der Waals surface area contributed by atoms with Crippen molar-refractivity contribution in [3.8, 4) is 11.5 Å². The van der Waals surface area contributed by atoms with E-state index in [1.54, 1.807) is 6.92 Å². The van der Waals surface area contributed by atoms with E-state index in [0.717, 1.165) is 0 Å². The lowest BCUT2D eigenvalue weighted by molar-refractivity contribution is -0.143. The molecule has 1 aromatic rings. The van der Waals surface area contributed by atoms with Gasteiger partial charge in [0.2, 0.25) is 0 Å². The summed E-state index contributed by atoms with van der Waals surface area (Å²) in [6, 6.07) is 4.24. The molecule has 0 amide bonds. The van der Waals surface area contributed by atoms with Crippen molar-refractivity contribution in [2.45, 2.75) is 26.4 Å². The Hall–Kier alpha value is -1.85. The minimum Gasteiger partial charge on any atom is -0.504 e. The molecule has 0 bridgehead atoms. The summed E-state index contributed by atoms with van der Waals surface area (Å²) in [6.45, 7) is -1.04. The maximum atomic E-state index is 12.0. The molecule has 0 aromatic heterocycles. The van der Waals surface area contributed by atoms with E-state index in [1.165, 1.54) is 18.2 Å². The Balaban J connectivity index is 2.68. The largest absolute Gasteiger partial charge is 0.504 e. The van der Waals surface area contributed by atoms with Crippen LogP contribution in [0, 0.1) is 0 Å². The average molecular weight is 260 g/mol. The molecule has 18 heavy (non-hydrogen) atoms. The maximum Gasteiger partial charge on any atom is 0.387 e. The predicted molar refractivity (Wildman–Crippen MR) is 59.7 cm³/mol. The van der Waals surface area contributed by atoms with Gasteiger partial charge in [-0.1, -0.05) is 12.1 Å². The number of hydrogen-bond donors (Lipinski definition) is 1. The number of rotatable bonds is 6. The van der Waals surface area contributed by atoms with Crippen LogP contribution in [-0.2, 0) is 16.0 Å². The normalized spacial score (nSPS) is 10.4. The van der Waals surface area contributed by atoms with E-state index in [0.29, 0.717) is 5.56 Å². The highest BCUT2D eigenvalue weighted by atomic mass is 19.3. The summed E-state index contributed by atoms with van der Waals surface area (Å²) >= 11 is 0. The first-order valence-corrected chi connectivity index (χ1v) is 5.46. The van der Waals surface area contributed by atoms with Crippen LogP contribution >= 0.6 is 0 Å². The van der Waals surface area contributed by atoms with Crippen LogP contribution in [0.2, 0.25) is 0 Å². The Labute approximate surface area is 103 Å². The number of carbonyl (C=O) groups is 1. The van der Waals surface area contributed by atoms with Crippen LogP contribution < -0.4 is 4.74 Å². The molecule has 0 fully saturated rings. The van der Waals surface area contributed by atoms with Crippen LogP contribution in [0.15, 0.2) is 18.2 Å². The third-order valence-corrected chi connectivity index (χ3v) is 2.20. The van der Waals surface area contributed by atoms with Gasteiger partial charge in [0.1, 0.15) is 0 Å². The molecular formula is C12H14F2O4. The van der Waals surface area contributed by atoms with Gasteiger partial charge >= 0.3 is 12.6 Å². The fraction of sp³-hybridized carbons (Fsp3) is 0.417. The second-order valence-electron chi connectivity index (χ2n) is 3.45. The van der Waals surface area contributed by atoms with Crippen molar-refractivity contribution in [2.24, 2.45) is 0 Å². The Bertz CT molecular complexity index is 407. The second-order valence-corrected chi connectivity index (χ2v) is 3.45. The summed E-state index contributed by atoms with van der Waals surface area (Å²) in [5, 5.41) is 9.67. The van der Waals surface area contributed by atoms with Crippen molar-refractivity contribution in [1.29, 1.82) is 0 Å². The number of ether oxygens (including phenoxy) is 2. The number of para-hydroxylation sites is 1. The Morgan fingerprint density at radius 3 is 2.78 bits per heavy atom. The molecule has 0 atom stereocenters. The van der Waals surface area contributed by atoms with Crippen molar-refractivity contribution >= 4 is 5.97 Å². The van der Waals surface area contributed by atoms with Crippen LogP contribution in [-0.4, -0.2) is 24.3 Å². The molecule has 0 saturated carbocycles. The lowest BCUT2D eigenvalue weighted by atomic mass is 10.1. The number of aromatic hydroxyl groups is 1. The molecule has 1 rings (SSSR count). The number of benzene rings is 1. The van der Waals surface area contributed by atoms with Gasteiger partial charge in [-0.15, -0.1) is 0 Å². The van der Waals surface area contributed by atoms with Crippen molar-refractivity contribution in [3.05, 3.63) is 23.8 Å². The van der Waals surface area contributed by atoms with Gasteiger partial charge in [0.25, 0.3) is 0 Å². The van der Waals surface area contributed by atoms with Gasteiger partial charge in [-0.05, 0) is 25.0 Å². The highest BCUT2D eigenvalue weighted by molar-refractivity contribution is 5.70. The van der Waals surface area contributed by atoms with E-state index in [1.807, 2.05) is 0 Å². The van der Waals surface area contributed by atoms with E-state index >= 15 is 0 Å². The summed E-state index contributed by atoms with van der Waals surface area (Å²) in [4.78, 5) is 11.1. The smallest absolute Gasteiger partial charge is 0.387 e. The Kier molecular flexibility index (Phi) is 5.35. The molecule has 4 nitrogen and oxygen atoms in total. The fourth-order valence-corrected chi connectivity index (χ4v) is 1.43. The third kappa shape index (κ3) is 4.20. The van der Waals surface area contributed by atoms with Gasteiger partial charge in [-0.25, -0.2) is 0 Å². The first-order valence-electron chi connectivity index (χ1n) is 5.46. The summed E-state index contributed by atoms with van der Waals surface area (Å²) < 4.78 is 32.9. The van der Waals surface area contributed by atoms with Crippen molar-refractivity contribution in [3.63, 3.8) is 0 Å². The summed E-state index contributed by atoms with van der Waals surface area (Å²) in [5.74, 6) is -1.08. The summed E-state index contributed by atoms with van der Waals surface area (Å²) in [5.41, 5.74) is 0.362. The van der Waals surface area contributed by atoms with Gasteiger partial charge in [-0.3, -0.25) is 4.79 Å². The highest BCUT2D eigenvalue weighted by Gasteiger charge is 2.13. The minimum atomic E-state index is -3.00. The van der Waals surface area contributed by atoms with E-state index in [2.05, 4.69) is 4.74 Å². The number of hydrogen-bond acceptors (Lipinski definition) is 4. The number of alkyl halides is 2. The number of halogens is 2. The molecule has 1 N–H and O–H groups in total.